The first-order valence-corrected chi connectivity index (χ1v) is 8.36. The third kappa shape index (κ3) is 5.57. The summed E-state index contributed by atoms with van der Waals surface area (Å²) in [6, 6.07) is 13.8. The molecule has 1 heterocycles. The first-order chi connectivity index (χ1) is 11.6. The van der Waals surface area contributed by atoms with Gasteiger partial charge in [-0.3, -0.25) is 4.79 Å². The van der Waals surface area contributed by atoms with E-state index in [9.17, 15) is 4.79 Å². The molecular weight excluding hydrogens is 300 g/mol. The molecule has 0 spiro atoms. The number of aromatic nitrogens is 1. The van der Waals surface area contributed by atoms with Crippen LogP contribution in [0.15, 0.2) is 58.4 Å². The van der Waals surface area contributed by atoms with Crippen LogP contribution in [0.2, 0.25) is 0 Å². The molecule has 1 aromatic carbocycles. The Labute approximate surface area is 143 Å². The second-order valence-electron chi connectivity index (χ2n) is 5.98. The Morgan fingerprint density at radius 1 is 1.12 bits per heavy atom. The van der Waals surface area contributed by atoms with E-state index in [1.165, 1.54) is 0 Å². The van der Waals surface area contributed by atoms with Crippen LogP contribution in [0, 0.1) is 0 Å². The van der Waals surface area contributed by atoms with Gasteiger partial charge in [-0.15, -0.1) is 0 Å². The molecule has 2 aromatic rings. The van der Waals surface area contributed by atoms with Gasteiger partial charge < -0.3 is 15.2 Å². The van der Waals surface area contributed by atoms with E-state index in [-0.39, 0.29) is 5.56 Å². The van der Waals surface area contributed by atoms with Gasteiger partial charge in [0.15, 0.2) is 5.96 Å². The predicted molar refractivity (Wildman–Crippen MR) is 99.3 cm³/mol. The van der Waals surface area contributed by atoms with Crippen molar-refractivity contribution in [3.63, 3.8) is 0 Å². The summed E-state index contributed by atoms with van der Waals surface area (Å²) in [4.78, 5) is 16.3. The Morgan fingerprint density at radius 2 is 1.83 bits per heavy atom. The average Bonchev–Trinajstić information content (AvgIpc) is 2.56. The van der Waals surface area contributed by atoms with Gasteiger partial charge in [0.25, 0.3) is 5.56 Å². The summed E-state index contributed by atoms with van der Waals surface area (Å²) >= 11 is 0. The second-order valence-corrected chi connectivity index (χ2v) is 5.98. The number of aliphatic imine (C=N–C) groups is 1. The van der Waals surface area contributed by atoms with Gasteiger partial charge in [0.05, 0.1) is 13.1 Å². The van der Waals surface area contributed by atoms with E-state index in [4.69, 9.17) is 0 Å². The Balaban J connectivity index is 2.01. The third-order valence-electron chi connectivity index (χ3n) is 3.46. The maximum atomic E-state index is 11.7. The maximum Gasteiger partial charge on any atom is 0.250 e. The van der Waals surface area contributed by atoms with Gasteiger partial charge in [-0.2, -0.15) is 0 Å². The van der Waals surface area contributed by atoms with E-state index in [0.717, 1.165) is 23.6 Å². The lowest BCUT2D eigenvalue weighted by Gasteiger charge is -2.14. The number of nitrogens with one attached hydrogen (secondary N) is 2. The molecule has 0 amide bonds. The first-order valence-electron chi connectivity index (χ1n) is 8.36. The van der Waals surface area contributed by atoms with Crippen LogP contribution in [-0.2, 0) is 13.1 Å². The lowest BCUT2D eigenvalue weighted by atomic mass is 10.1. The van der Waals surface area contributed by atoms with E-state index in [0.29, 0.717) is 19.1 Å². The van der Waals surface area contributed by atoms with Crippen LogP contribution < -0.4 is 16.2 Å². The molecule has 0 fully saturated rings. The van der Waals surface area contributed by atoms with Crippen molar-refractivity contribution >= 4 is 5.96 Å². The minimum atomic E-state index is 0.0150. The minimum absolute atomic E-state index is 0.0150. The number of nitrogens with zero attached hydrogens (tertiary/aromatic N) is 2. The highest BCUT2D eigenvalue weighted by Gasteiger charge is 2.01. The minimum Gasteiger partial charge on any atom is -0.357 e. The fourth-order valence-electron chi connectivity index (χ4n) is 2.30. The fraction of sp³-hybridized carbons (Fsp3) is 0.368. The molecule has 0 saturated heterocycles. The molecule has 5 heteroatoms. The van der Waals surface area contributed by atoms with Gasteiger partial charge in [-0.25, -0.2) is 4.99 Å². The van der Waals surface area contributed by atoms with Crippen molar-refractivity contribution in [3.8, 4) is 0 Å². The van der Waals surface area contributed by atoms with E-state index >= 15 is 0 Å². The van der Waals surface area contributed by atoms with Gasteiger partial charge in [0.1, 0.15) is 0 Å². The highest BCUT2D eigenvalue weighted by molar-refractivity contribution is 5.79. The molecule has 2 rings (SSSR count). The van der Waals surface area contributed by atoms with Crippen LogP contribution in [0.1, 0.15) is 31.9 Å². The highest BCUT2D eigenvalue weighted by Crippen LogP contribution is 2.07. The zero-order valence-corrected chi connectivity index (χ0v) is 14.6. The standard InChI is InChI=1S/C19H26N4O/c1-4-20-19(22-15(2)3)21-13-16-8-10-17(11-9-16)14-23-12-6-5-7-18(23)24/h5-12,15H,4,13-14H2,1-3H3,(H2,20,21,22). The van der Waals surface area contributed by atoms with Crippen molar-refractivity contribution < 1.29 is 0 Å². The van der Waals surface area contributed by atoms with E-state index in [1.54, 1.807) is 22.9 Å². The van der Waals surface area contributed by atoms with Crippen LogP contribution in [0.5, 0.6) is 0 Å². The second kappa shape index (κ2) is 8.91. The Hall–Kier alpha value is -2.56. The van der Waals surface area contributed by atoms with E-state index < -0.39 is 0 Å². The summed E-state index contributed by atoms with van der Waals surface area (Å²) in [6.45, 7) is 8.27. The lowest BCUT2D eigenvalue weighted by Crippen LogP contribution is -2.40. The molecule has 1 aromatic heterocycles. The average molecular weight is 326 g/mol. The quantitative estimate of drug-likeness (QED) is 0.633. The first kappa shape index (κ1) is 17.8. The Morgan fingerprint density at radius 3 is 2.46 bits per heavy atom. The fourth-order valence-corrected chi connectivity index (χ4v) is 2.30. The molecule has 0 aliphatic rings. The van der Waals surface area contributed by atoms with Crippen molar-refractivity contribution in [1.29, 1.82) is 0 Å². The van der Waals surface area contributed by atoms with Crippen molar-refractivity contribution in [2.24, 2.45) is 4.99 Å². The molecular formula is C19H26N4O. The molecule has 2 N–H and O–H groups in total. The van der Waals surface area contributed by atoms with Crippen LogP contribution >= 0.6 is 0 Å². The smallest absolute Gasteiger partial charge is 0.250 e. The molecule has 128 valence electrons. The predicted octanol–water partition coefficient (Wildman–Crippen LogP) is 2.36. The van der Waals surface area contributed by atoms with Crippen molar-refractivity contribution in [2.75, 3.05) is 6.54 Å². The highest BCUT2D eigenvalue weighted by atomic mass is 16.1. The van der Waals surface area contributed by atoms with Gasteiger partial charge in [-0.05, 0) is 38.0 Å². The third-order valence-corrected chi connectivity index (χ3v) is 3.46. The summed E-state index contributed by atoms with van der Waals surface area (Å²) in [7, 11) is 0. The van der Waals surface area contributed by atoms with Gasteiger partial charge in [-0.1, -0.05) is 30.3 Å². The Bertz CT molecular complexity index is 717. The maximum absolute atomic E-state index is 11.7. The summed E-state index contributed by atoms with van der Waals surface area (Å²) in [5.74, 6) is 0.826. The number of hydrogen-bond acceptors (Lipinski definition) is 2. The van der Waals surface area contributed by atoms with Crippen molar-refractivity contribution in [1.82, 2.24) is 15.2 Å². The lowest BCUT2D eigenvalue weighted by molar-refractivity contribution is 0.700. The van der Waals surface area contributed by atoms with Gasteiger partial charge in [0.2, 0.25) is 0 Å². The molecule has 0 aliphatic heterocycles. The van der Waals surface area contributed by atoms with E-state index in [1.807, 2.05) is 18.2 Å². The van der Waals surface area contributed by atoms with Crippen LogP contribution in [0.25, 0.3) is 0 Å². The number of guanidine groups is 1. The van der Waals surface area contributed by atoms with Crippen LogP contribution in [-0.4, -0.2) is 23.1 Å². The normalized spacial score (nSPS) is 11.6. The van der Waals surface area contributed by atoms with Crippen LogP contribution in [0.3, 0.4) is 0 Å². The Kier molecular flexibility index (Phi) is 6.61. The number of hydrogen-bond donors (Lipinski definition) is 2. The zero-order valence-electron chi connectivity index (χ0n) is 14.6. The summed E-state index contributed by atoms with van der Waals surface area (Å²) in [5.41, 5.74) is 2.25. The summed E-state index contributed by atoms with van der Waals surface area (Å²) in [6.07, 6.45) is 1.81. The number of rotatable bonds is 6. The molecule has 0 unspecified atom stereocenters. The SMILES string of the molecule is CCNC(=NCc1ccc(Cn2ccccc2=O)cc1)NC(C)C. The van der Waals surface area contributed by atoms with Crippen molar-refractivity contribution in [2.45, 2.75) is 39.9 Å². The van der Waals surface area contributed by atoms with Gasteiger partial charge >= 0.3 is 0 Å². The van der Waals surface area contributed by atoms with Crippen molar-refractivity contribution in [3.05, 3.63) is 70.1 Å². The van der Waals surface area contributed by atoms with E-state index in [2.05, 4.69) is 48.5 Å². The largest absolute Gasteiger partial charge is 0.357 e. The zero-order chi connectivity index (χ0) is 17.4. The molecule has 0 atom stereocenters. The number of pyridine rings is 1. The number of benzene rings is 1. The molecule has 5 nitrogen and oxygen atoms in total. The molecule has 24 heavy (non-hydrogen) atoms. The summed E-state index contributed by atoms with van der Waals surface area (Å²) in [5, 5.41) is 6.54. The monoisotopic (exact) mass is 326 g/mol. The topological polar surface area (TPSA) is 58.4 Å². The molecule has 0 radical (unpaired) electrons. The summed E-state index contributed by atoms with van der Waals surface area (Å²) < 4.78 is 1.70. The van der Waals surface area contributed by atoms with Crippen LogP contribution in [0.4, 0.5) is 0 Å². The molecule has 0 bridgehead atoms. The molecule has 0 saturated carbocycles. The molecule has 0 aliphatic carbocycles. The van der Waals surface area contributed by atoms with Gasteiger partial charge in [0, 0.05) is 24.8 Å².